The van der Waals surface area contributed by atoms with E-state index >= 15 is 0 Å². The fourth-order valence-electron chi connectivity index (χ4n) is 6.07. The van der Waals surface area contributed by atoms with Gasteiger partial charge in [0.05, 0.1) is 37.1 Å². The molecule has 13 heteroatoms. The number of hydrogen-bond acceptors (Lipinski definition) is 13. The van der Waals surface area contributed by atoms with Crippen molar-refractivity contribution in [2.24, 2.45) is 17.8 Å². The highest BCUT2D eigenvalue weighted by Gasteiger charge is 2.49. The maximum atomic E-state index is 13.0. The molecule has 0 aliphatic carbocycles. The van der Waals surface area contributed by atoms with Crippen LogP contribution in [0.15, 0.2) is 24.3 Å². The van der Waals surface area contributed by atoms with Crippen LogP contribution in [0.2, 0.25) is 0 Å². The van der Waals surface area contributed by atoms with Crippen molar-refractivity contribution in [2.45, 2.75) is 134 Å². The number of carbonyl (C=O) groups is 2. The third-order valence-electron chi connectivity index (χ3n) is 9.26. The molecule has 0 aromatic heterocycles. The van der Waals surface area contributed by atoms with Gasteiger partial charge >= 0.3 is 5.97 Å². The largest absolute Gasteiger partial charge is 0.459 e. The molecule has 3 saturated heterocycles. The number of ether oxygens (including phenoxy) is 7. The Hall–Kier alpha value is -1.78. The summed E-state index contributed by atoms with van der Waals surface area (Å²) in [5.41, 5.74) is 0. The van der Waals surface area contributed by atoms with E-state index in [-0.39, 0.29) is 36.8 Å². The number of aliphatic hydroxyl groups excluding tert-OH is 4. The lowest BCUT2D eigenvalue weighted by Crippen LogP contribution is -2.58. The van der Waals surface area contributed by atoms with Crippen molar-refractivity contribution in [3.8, 4) is 0 Å². The number of carbonyl (C=O) groups excluding carboxylic acids is 2. The lowest BCUT2D eigenvalue weighted by molar-refractivity contribution is -0.301. The third kappa shape index (κ3) is 9.19. The zero-order valence-electron chi connectivity index (χ0n) is 26.8. The molecule has 4 heterocycles. The predicted octanol–water partition coefficient (Wildman–Crippen LogP) is 0.789. The van der Waals surface area contributed by atoms with Gasteiger partial charge in [-0.3, -0.25) is 4.79 Å². The van der Waals surface area contributed by atoms with Gasteiger partial charge in [-0.15, -0.1) is 0 Å². The summed E-state index contributed by atoms with van der Waals surface area (Å²) in [5.74, 6) is -1.81. The second-order valence-electron chi connectivity index (χ2n) is 12.8. The average molecular weight is 643 g/mol. The SMILES string of the molecule is CO[C@H]1[C@H](OC[C@H]2[C@@H]3O[C@@H]3/C=C\C(=O)[C@H](C)CC[C@H](O[C@@H]3O[C@H](C)C[C@H](O)[C@H]3O)[C@@H](C)/C=C\C(=O)O[C@@H]2C)O[C@H](C)[C@@H](O)[C@H]1O. The summed E-state index contributed by atoms with van der Waals surface area (Å²) < 4.78 is 40.7. The monoisotopic (exact) mass is 642 g/mol. The van der Waals surface area contributed by atoms with Crippen molar-refractivity contribution >= 4 is 11.8 Å². The molecule has 13 nitrogen and oxygen atoms in total. The van der Waals surface area contributed by atoms with Crippen molar-refractivity contribution in [2.75, 3.05) is 13.7 Å². The number of epoxide rings is 1. The molecule has 0 radical (unpaired) electrons. The standard InChI is InChI=1S/C32H50O13/c1-15-7-10-23(45-31-27(37)22(34)13-17(3)41-31)16(2)8-12-25(35)42-18(4)20(29-24(44-29)11-9-21(15)33)14-40-32-30(39-6)28(38)26(36)19(5)43-32/h8-9,11-12,15-20,22-24,26-32,34,36-38H,7,10,13-14H2,1-6H3/b11-9-,12-8-/t15-,16+,17-,18-,19-,20-,22+,23+,24-,26-,27-,28-,29+,30-,31+,32-/m1/s1. The Bertz CT molecular complexity index is 1050. The van der Waals surface area contributed by atoms with Gasteiger partial charge in [0.25, 0.3) is 0 Å². The number of fused-ring (bicyclic) bond motifs is 1. The van der Waals surface area contributed by atoms with E-state index in [1.807, 2.05) is 13.8 Å². The molecule has 4 rings (SSSR count). The minimum atomic E-state index is -1.23. The van der Waals surface area contributed by atoms with Gasteiger partial charge in [0.2, 0.25) is 0 Å². The highest BCUT2D eigenvalue weighted by molar-refractivity contribution is 5.91. The number of rotatable bonds is 6. The van der Waals surface area contributed by atoms with Crippen molar-refractivity contribution in [1.82, 2.24) is 0 Å². The molecule has 0 unspecified atom stereocenters. The Morgan fingerprint density at radius 3 is 2.29 bits per heavy atom. The zero-order valence-corrected chi connectivity index (χ0v) is 26.8. The number of ketones is 1. The van der Waals surface area contributed by atoms with Gasteiger partial charge in [-0.25, -0.2) is 4.79 Å². The Labute approximate surface area is 264 Å². The molecular weight excluding hydrogens is 592 g/mol. The topological polar surface area (TPSA) is 183 Å². The van der Waals surface area contributed by atoms with Crippen LogP contribution in [0.5, 0.6) is 0 Å². The fraction of sp³-hybridized carbons (Fsp3) is 0.812. The Morgan fingerprint density at radius 1 is 0.844 bits per heavy atom. The van der Waals surface area contributed by atoms with Gasteiger partial charge in [0, 0.05) is 37.4 Å². The number of hydrogen-bond donors (Lipinski definition) is 4. The number of methoxy groups -OCH3 is 1. The maximum absolute atomic E-state index is 13.0. The van der Waals surface area contributed by atoms with Crippen LogP contribution in [0, 0.1) is 17.8 Å². The number of esters is 1. The first-order valence-electron chi connectivity index (χ1n) is 15.9. The minimum Gasteiger partial charge on any atom is -0.459 e. The van der Waals surface area contributed by atoms with Crippen LogP contribution < -0.4 is 0 Å². The van der Waals surface area contributed by atoms with E-state index in [1.54, 1.807) is 32.9 Å². The fourth-order valence-corrected chi connectivity index (χ4v) is 6.07. The molecule has 45 heavy (non-hydrogen) atoms. The number of aliphatic hydroxyl groups is 4. The maximum Gasteiger partial charge on any atom is 0.330 e. The van der Waals surface area contributed by atoms with Crippen LogP contribution in [-0.2, 0) is 42.7 Å². The van der Waals surface area contributed by atoms with E-state index in [4.69, 9.17) is 33.2 Å². The Balaban J connectivity index is 1.49. The van der Waals surface area contributed by atoms with E-state index in [2.05, 4.69) is 0 Å². The van der Waals surface area contributed by atoms with Gasteiger partial charge in [-0.2, -0.15) is 0 Å². The van der Waals surface area contributed by atoms with Gasteiger partial charge < -0.3 is 53.6 Å². The molecular formula is C32H50O13. The highest BCUT2D eigenvalue weighted by atomic mass is 16.7. The quantitative estimate of drug-likeness (QED) is 0.236. The van der Waals surface area contributed by atoms with Crippen molar-refractivity contribution in [3.05, 3.63) is 24.3 Å². The molecule has 3 fully saturated rings. The number of cyclic esters (lactones) is 1. The van der Waals surface area contributed by atoms with E-state index in [0.717, 1.165) is 0 Å². The first-order valence-corrected chi connectivity index (χ1v) is 15.9. The minimum absolute atomic E-state index is 0.0118. The lowest BCUT2D eigenvalue weighted by atomic mass is 9.92. The summed E-state index contributed by atoms with van der Waals surface area (Å²) in [6, 6.07) is 0. The van der Waals surface area contributed by atoms with Crippen molar-refractivity contribution < 1.29 is 63.2 Å². The molecule has 0 aromatic rings. The Kier molecular flexibility index (Phi) is 12.7. The number of allylic oxidation sites excluding steroid dienone is 1. The van der Waals surface area contributed by atoms with Gasteiger partial charge in [-0.05, 0) is 45.8 Å². The normalized spacial score (nSPS) is 48.2. The lowest BCUT2D eigenvalue weighted by Gasteiger charge is -2.41. The van der Waals surface area contributed by atoms with Gasteiger partial charge in [0.1, 0.15) is 36.6 Å². The summed E-state index contributed by atoms with van der Waals surface area (Å²) in [6.45, 7) is 8.82. The van der Waals surface area contributed by atoms with Crippen molar-refractivity contribution in [3.63, 3.8) is 0 Å². The molecule has 4 N–H and O–H groups in total. The predicted molar refractivity (Wildman–Crippen MR) is 157 cm³/mol. The summed E-state index contributed by atoms with van der Waals surface area (Å²) in [4.78, 5) is 26.0. The molecule has 0 spiro atoms. The molecule has 256 valence electrons. The van der Waals surface area contributed by atoms with Crippen LogP contribution in [0.3, 0.4) is 0 Å². The summed E-state index contributed by atoms with van der Waals surface area (Å²) in [6.07, 6.45) is -3.25. The molecule has 4 aliphatic heterocycles. The second-order valence-corrected chi connectivity index (χ2v) is 12.8. The highest BCUT2D eigenvalue weighted by Crippen LogP contribution is 2.36. The molecule has 0 amide bonds. The average Bonchev–Trinajstić information content (AvgIpc) is 3.76. The van der Waals surface area contributed by atoms with Gasteiger partial charge in [-0.1, -0.05) is 19.9 Å². The third-order valence-corrected chi connectivity index (χ3v) is 9.26. The van der Waals surface area contributed by atoms with E-state index < -0.39 is 85.5 Å². The van der Waals surface area contributed by atoms with Crippen LogP contribution in [-0.4, -0.2) is 126 Å². The smallest absolute Gasteiger partial charge is 0.330 e. The molecule has 4 aliphatic rings. The zero-order chi connectivity index (χ0) is 33.0. The summed E-state index contributed by atoms with van der Waals surface area (Å²) >= 11 is 0. The van der Waals surface area contributed by atoms with Crippen LogP contribution >= 0.6 is 0 Å². The van der Waals surface area contributed by atoms with Crippen LogP contribution in [0.25, 0.3) is 0 Å². The first-order chi connectivity index (χ1) is 21.3. The Morgan fingerprint density at radius 2 is 1.58 bits per heavy atom. The first kappa shape index (κ1) is 36.1. The van der Waals surface area contributed by atoms with Crippen molar-refractivity contribution in [1.29, 1.82) is 0 Å². The molecule has 16 atom stereocenters. The molecule has 0 bridgehead atoms. The second kappa shape index (κ2) is 15.9. The summed E-state index contributed by atoms with van der Waals surface area (Å²) in [5, 5.41) is 41.4. The van der Waals surface area contributed by atoms with Crippen LogP contribution in [0.4, 0.5) is 0 Å². The van der Waals surface area contributed by atoms with Crippen LogP contribution in [0.1, 0.15) is 53.9 Å². The van der Waals surface area contributed by atoms with Gasteiger partial charge in [0.15, 0.2) is 18.4 Å². The van der Waals surface area contributed by atoms with E-state index in [9.17, 15) is 30.0 Å². The van der Waals surface area contributed by atoms with E-state index in [0.29, 0.717) is 12.8 Å². The van der Waals surface area contributed by atoms with E-state index in [1.165, 1.54) is 19.3 Å². The molecule has 0 aromatic carbocycles. The molecule has 0 saturated carbocycles. The summed E-state index contributed by atoms with van der Waals surface area (Å²) in [7, 11) is 1.38.